The van der Waals surface area contributed by atoms with Crippen molar-refractivity contribution >= 4 is 12.3 Å². The molecule has 0 unspecified atom stereocenters. The highest BCUT2D eigenvalue weighted by Gasteiger charge is 2.06. The highest BCUT2D eigenvalue weighted by atomic mass is 16.5. The van der Waals surface area contributed by atoms with Gasteiger partial charge in [-0.25, -0.2) is 0 Å². The van der Waals surface area contributed by atoms with E-state index in [1.165, 1.54) is 0 Å². The molecule has 0 spiro atoms. The number of ether oxygens (including phenoxy) is 2. The minimum absolute atomic E-state index is 0.00463. The maximum atomic E-state index is 10.6. The zero-order valence-electron chi connectivity index (χ0n) is 18.3. The molecule has 9 heteroatoms. The molecule has 0 heterocycles. The minimum atomic E-state index is -1.05. The minimum Gasteiger partial charge on any atom is -0.508 e. The number of aromatic hydroxyl groups is 1. The largest absolute Gasteiger partial charge is 0.508 e. The van der Waals surface area contributed by atoms with Crippen LogP contribution in [0.4, 0.5) is 0 Å². The third-order valence-electron chi connectivity index (χ3n) is 4.07. The maximum Gasteiger partial charge on any atom is 0.321 e. The van der Waals surface area contributed by atoms with E-state index >= 15 is 0 Å². The van der Waals surface area contributed by atoms with Gasteiger partial charge in [-0.1, -0.05) is 30.3 Å². The quantitative estimate of drug-likeness (QED) is 0.336. The third kappa shape index (κ3) is 10.3. The van der Waals surface area contributed by atoms with E-state index in [0.717, 1.165) is 17.6 Å². The van der Waals surface area contributed by atoms with E-state index < -0.39 is 12.0 Å². The number of carbonyl (C=O) groups is 2. The summed E-state index contributed by atoms with van der Waals surface area (Å²) in [6.07, 6.45) is 0.793. The van der Waals surface area contributed by atoms with Crippen molar-refractivity contribution in [1.82, 2.24) is 0 Å². The first-order chi connectivity index (χ1) is 15.8. The van der Waals surface area contributed by atoms with Crippen LogP contribution in [-0.2, 0) is 11.3 Å². The molecule has 3 aromatic rings. The van der Waals surface area contributed by atoms with Crippen LogP contribution in [0.5, 0.6) is 23.0 Å². The van der Waals surface area contributed by atoms with Crippen LogP contribution >= 0.6 is 0 Å². The molecule has 0 saturated carbocycles. The van der Waals surface area contributed by atoms with Crippen LogP contribution in [0.2, 0.25) is 0 Å². The Kier molecular flexibility index (Phi) is 12.3. The van der Waals surface area contributed by atoms with Crippen LogP contribution in [-0.4, -0.2) is 42.2 Å². The molecular weight excluding hydrogens is 426 g/mol. The topological polar surface area (TPSA) is 171 Å². The Morgan fingerprint density at radius 2 is 1.61 bits per heavy atom. The van der Waals surface area contributed by atoms with Gasteiger partial charge in [-0.3, -0.25) is 9.59 Å². The Balaban J connectivity index is 0.000000286. The van der Waals surface area contributed by atoms with Crippen molar-refractivity contribution in [3.63, 3.8) is 0 Å². The van der Waals surface area contributed by atoms with Crippen molar-refractivity contribution in [2.24, 2.45) is 17.2 Å². The fourth-order valence-electron chi connectivity index (χ4n) is 2.22. The number of aldehydes is 1. The average Bonchev–Trinajstić information content (AvgIpc) is 2.85. The van der Waals surface area contributed by atoms with Gasteiger partial charge in [-0.2, -0.15) is 0 Å². The van der Waals surface area contributed by atoms with Gasteiger partial charge < -0.3 is 36.9 Å². The molecule has 0 aromatic heterocycles. The maximum absolute atomic E-state index is 10.6. The second-order valence-electron chi connectivity index (χ2n) is 6.48. The summed E-state index contributed by atoms with van der Waals surface area (Å²) in [7, 11) is 1.61. The van der Waals surface area contributed by atoms with E-state index in [2.05, 4.69) is 0 Å². The highest BCUT2D eigenvalue weighted by molar-refractivity contribution is 5.75. The highest BCUT2D eigenvalue weighted by Crippen LogP contribution is 2.24. The van der Waals surface area contributed by atoms with Crippen molar-refractivity contribution in [3.8, 4) is 23.0 Å². The van der Waals surface area contributed by atoms with Gasteiger partial charge in [0.25, 0.3) is 0 Å². The number of hydrogen-bond acceptors (Lipinski definition) is 8. The smallest absolute Gasteiger partial charge is 0.321 e. The van der Waals surface area contributed by atoms with Gasteiger partial charge in [0.2, 0.25) is 0 Å². The number of phenolic OH excluding ortho intramolecular Hbond substituents is 1. The van der Waals surface area contributed by atoms with Crippen molar-refractivity contribution < 1.29 is 29.3 Å². The number of aliphatic carboxylic acids is 1. The molecule has 0 saturated heterocycles. The summed E-state index contributed by atoms with van der Waals surface area (Å²) in [5.41, 5.74) is 16.4. The number of carbonyl (C=O) groups excluding carboxylic acids is 1. The molecule has 0 aliphatic carbocycles. The predicted molar refractivity (Wildman–Crippen MR) is 126 cm³/mol. The Labute approximate surface area is 192 Å². The molecule has 0 amide bonds. The van der Waals surface area contributed by atoms with Gasteiger partial charge in [0, 0.05) is 24.2 Å². The average molecular weight is 456 g/mol. The van der Waals surface area contributed by atoms with Crippen molar-refractivity contribution in [1.29, 1.82) is 0 Å². The third-order valence-corrected chi connectivity index (χ3v) is 4.07. The van der Waals surface area contributed by atoms with Gasteiger partial charge in [-0.05, 0) is 42.5 Å². The molecule has 9 nitrogen and oxygen atoms in total. The van der Waals surface area contributed by atoms with Crippen LogP contribution in [0.15, 0.2) is 72.8 Å². The predicted octanol–water partition coefficient (Wildman–Crippen LogP) is 2.51. The standard InChI is InChI=1S/C14H12O3.C7H9NO.C3H8N2O2/c1-16-12-5-7-13(8-6-12)17-14-4-2-3-11(9-14)10-15;8-5-6-3-1-2-4-7(6)9;4-1-2(5)3(6)7/h2-10H,1H3;1-4,9H,5,8H2;2H,1,4-5H2,(H,6,7)/t;;2-/m..0/s1. The van der Waals surface area contributed by atoms with Crippen molar-refractivity contribution in [3.05, 3.63) is 83.9 Å². The molecule has 0 bridgehead atoms. The SMILES string of the molecule is COc1ccc(Oc2cccc(C=O)c2)cc1.NC[C@H](N)C(=O)O.NCc1ccccc1O. The first-order valence-electron chi connectivity index (χ1n) is 9.87. The number of carboxylic acids is 1. The lowest BCUT2D eigenvalue weighted by atomic mass is 10.2. The summed E-state index contributed by atoms with van der Waals surface area (Å²) in [5.74, 6) is 1.34. The molecular formula is C24H29N3O6. The molecule has 3 aromatic carbocycles. The Morgan fingerprint density at radius 3 is 2.06 bits per heavy atom. The van der Waals surface area contributed by atoms with Crippen LogP contribution in [0.25, 0.3) is 0 Å². The fourth-order valence-corrected chi connectivity index (χ4v) is 2.22. The van der Waals surface area contributed by atoms with E-state index in [1.807, 2.05) is 30.3 Å². The number of phenols is 1. The number of benzene rings is 3. The van der Waals surface area contributed by atoms with Gasteiger partial charge >= 0.3 is 5.97 Å². The Hall–Kier alpha value is -3.92. The van der Waals surface area contributed by atoms with Crippen molar-refractivity contribution in [2.75, 3.05) is 13.7 Å². The molecule has 0 aliphatic rings. The van der Waals surface area contributed by atoms with Crippen LogP contribution in [0, 0.1) is 0 Å². The summed E-state index contributed by atoms with van der Waals surface area (Å²) < 4.78 is 10.7. The number of methoxy groups -OCH3 is 1. The lowest BCUT2D eigenvalue weighted by Crippen LogP contribution is -2.37. The monoisotopic (exact) mass is 455 g/mol. The van der Waals surface area contributed by atoms with Gasteiger partial charge in [0.15, 0.2) is 0 Å². The summed E-state index contributed by atoms with van der Waals surface area (Å²) >= 11 is 0. The van der Waals surface area contributed by atoms with Crippen LogP contribution in [0.3, 0.4) is 0 Å². The van der Waals surface area contributed by atoms with Gasteiger partial charge in [0.05, 0.1) is 7.11 Å². The van der Waals surface area contributed by atoms with E-state index in [-0.39, 0.29) is 12.3 Å². The summed E-state index contributed by atoms with van der Waals surface area (Å²) in [4.78, 5) is 20.3. The normalized spacial score (nSPS) is 10.4. The number of nitrogens with two attached hydrogens (primary N) is 3. The van der Waals surface area contributed by atoms with E-state index in [9.17, 15) is 9.59 Å². The summed E-state index contributed by atoms with van der Waals surface area (Å²) in [6.45, 7) is 0.391. The summed E-state index contributed by atoms with van der Waals surface area (Å²) in [5, 5.41) is 17.0. The molecule has 1 atom stereocenters. The summed E-state index contributed by atoms with van der Waals surface area (Å²) in [6, 6.07) is 20.4. The molecule has 0 radical (unpaired) electrons. The lowest BCUT2D eigenvalue weighted by molar-refractivity contribution is -0.138. The van der Waals surface area contributed by atoms with Gasteiger partial charge in [0.1, 0.15) is 35.3 Å². The lowest BCUT2D eigenvalue weighted by Gasteiger charge is -2.06. The first-order valence-corrected chi connectivity index (χ1v) is 9.87. The van der Waals surface area contributed by atoms with Gasteiger partial charge in [-0.15, -0.1) is 0 Å². The number of hydrogen-bond donors (Lipinski definition) is 5. The van der Waals surface area contributed by atoms with E-state index in [0.29, 0.717) is 23.6 Å². The second kappa shape index (κ2) is 15.0. The number of carboxylic acid groups (broad SMARTS) is 1. The molecule has 3 rings (SSSR count). The molecule has 33 heavy (non-hydrogen) atoms. The fraction of sp³-hybridized carbons (Fsp3) is 0.167. The Bertz CT molecular complexity index is 995. The number of rotatable bonds is 7. The first kappa shape index (κ1) is 27.1. The Morgan fingerprint density at radius 1 is 0.970 bits per heavy atom. The zero-order chi connectivity index (χ0) is 24.6. The van der Waals surface area contributed by atoms with E-state index in [4.69, 9.17) is 36.9 Å². The zero-order valence-corrected chi connectivity index (χ0v) is 18.3. The number of para-hydroxylation sites is 1. The molecule has 8 N–H and O–H groups in total. The van der Waals surface area contributed by atoms with Crippen LogP contribution in [0.1, 0.15) is 15.9 Å². The molecule has 0 fully saturated rings. The van der Waals surface area contributed by atoms with E-state index in [1.54, 1.807) is 49.6 Å². The van der Waals surface area contributed by atoms with Crippen LogP contribution < -0.4 is 26.7 Å². The van der Waals surface area contributed by atoms with Crippen molar-refractivity contribution in [2.45, 2.75) is 12.6 Å². The second-order valence-corrected chi connectivity index (χ2v) is 6.48. The molecule has 176 valence electrons. The molecule has 0 aliphatic heterocycles.